The lowest BCUT2D eigenvalue weighted by Gasteiger charge is -2.13. The Bertz CT molecular complexity index is 823. The van der Waals surface area contributed by atoms with Crippen molar-refractivity contribution in [1.82, 2.24) is 4.31 Å². The summed E-state index contributed by atoms with van der Waals surface area (Å²) in [5.41, 5.74) is 0.349. The quantitative estimate of drug-likeness (QED) is 0.849. The summed E-state index contributed by atoms with van der Waals surface area (Å²) in [6.45, 7) is 0.0543. The third kappa shape index (κ3) is 3.65. The average Bonchev–Trinajstić information content (AvgIpc) is 2.52. The van der Waals surface area contributed by atoms with Crippen LogP contribution in [0.4, 0.5) is 18.9 Å². The van der Waals surface area contributed by atoms with Gasteiger partial charge in [0.25, 0.3) is 0 Å². The molecule has 4 nitrogen and oxygen atoms in total. The number of hydrogen-bond acceptors (Lipinski definition) is 3. The summed E-state index contributed by atoms with van der Waals surface area (Å²) < 4.78 is 64.8. The predicted octanol–water partition coefficient (Wildman–Crippen LogP) is 2.97. The van der Waals surface area contributed by atoms with E-state index in [1.54, 1.807) is 12.1 Å². The van der Waals surface area contributed by atoms with Gasteiger partial charge in [0.1, 0.15) is 0 Å². The summed E-state index contributed by atoms with van der Waals surface area (Å²) in [7, 11) is -0.754. The van der Waals surface area contributed by atoms with E-state index in [-0.39, 0.29) is 17.1 Å². The Balaban J connectivity index is 2.21. The topological polar surface area (TPSA) is 49.4 Å². The first-order chi connectivity index (χ1) is 10.7. The van der Waals surface area contributed by atoms with E-state index in [0.29, 0.717) is 5.56 Å². The molecule has 0 spiro atoms. The maximum atomic E-state index is 13.6. The highest BCUT2D eigenvalue weighted by molar-refractivity contribution is 7.89. The molecule has 0 atom stereocenters. The van der Waals surface area contributed by atoms with Gasteiger partial charge < -0.3 is 5.32 Å². The van der Waals surface area contributed by atoms with Gasteiger partial charge in [0, 0.05) is 20.6 Å². The van der Waals surface area contributed by atoms with E-state index in [0.717, 1.165) is 16.4 Å². The molecule has 0 amide bonds. The number of anilines is 1. The average molecular weight is 344 g/mol. The van der Waals surface area contributed by atoms with Crippen molar-refractivity contribution in [2.75, 3.05) is 19.4 Å². The van der Waals surface area contributed by atoms with E-state index in [1.165, 1.54) is 26.2 Å². The lowest BCUT2D eigenvalue weighted by molar-refractivity contribution is 0.449. The van der Waals surface area contributed by atoms with Gasteiger partial charge in [-0.25, -0.2) is 25.9 Å². The second-order valence-electron chi connectivity index (χ2n) is 5.01. The molecule has 0 unspecified atom stereocenters. The minimum absolute atomic E-state index is 0.0543. The monoisotopic (exact) mass is 344 g/mol. The number of rotatable bonds is 5. The van der Waals surface area contributed by atoms with Crippen LogP contribution >= 0.6 is 0 Å². The fourth-order valence-corrected chi connectivity index (χ4v) is 2.86. The number of nitrogens with zero attached hydrogens (tertiary/aromatic N) is 1. The Kier molecular flexibility index (Phi) is 4.96. The molecule has 2 aromatic carbocycles. The highest BCUT2D eigenvalue weighted by atomic mass is 32.2. The van der Waals surface area contributed by atoms with Crippen molar-refractivity contribution in [2.24, 2.45) is 0 Å². The van der Waals surface area contributed by atoms with E-state index < -0.39 is 27.5 Å². The van der Waals surface area contributed by atoms with Gasteiger partial charge >= 0.3 is 0 Å². The van der Waals surface area contributed by atoms with Crippen LogP contribution in [-0.4, -0.2) is 26.8 Å². The summed E-state index contributed by atoms with van der Waals surface area (Å²) in [6.07, 6.45) is 0. The zero-order chi connectivity index (χ0) is 17.2. The van der Waals surface area contributed by atoms with Crippen LogP contribution in [0.1, 0.15) is 5.56 Å². The summed E-state index contributed by atoms with van der Waals surface area (Å²) in [4.78, 5) is 0.0903. The van der Waals surface area contributed by atoms with E-state index in [4.69, 9.17) is 0 Å². The van der Waals surface area contributed by atoms with E-state index in [2.05, 4.69) is 5.32 Å². The first-order valence-electron chi connectivity index (χ1n) is 6.62. The largest absolute Gasteiger partial charge is 0.379 e. The number of nitrogens with one attached hydrogen (secondary N) is 1. The van der Waals surface area contributed by atoms with Gasteiger partial charge in [-0.15, -0.1) is 0 Å². The predicted molar refractivity (Wildman–Crippen MR) is 81.0 cm³/mol. The molecule has 0 aliphatic rings. The van der Waals surface area contributed by atoms with Crippen LogP contribution in [-0.2, 0) is 16.6 Å². The molecule has 0 aromatic heterocycles. The normalized spacial score (nSPS) is 11.7. The van der Waals surface area contributed by atoms with Crippen molar-refractivity contribution in [3.05, 3.63) is 59.4 Å². The number of hydrogen-bond donors (Lipinski definition) is 1. The molecule has 0 aliphatic carbocycles. The standard InChI is InChI=1S/C15H15F3N2O2S/c1-20(2)23(21,22)11-5-3-4-10(8-11)9-19-13-7-6-12(16)14(17)15(13)18/h3-8,19H,9H2,1-2H3. The van der Waals surface area contributed by atoms with Crippen molar-refractivity contribution >= 4 is 15.7 Å². The Morgan fingerprint density at radius 1 is 1.04 bits per heavy atom. The molecule has 0 radical (unpaired) electrons. The number of halogens is 3. The van der Waals surface area contributed by atoms with Gasteiger partial charge in [0.2, 0.25) is 10.0 Å². The minimum atomic E-state index is -3.58. The van der Waals surface area contributed by atoms with E-state index >= 15 is 0 Å². The Morgan fingerprint density at radius 2 is 1.74 bits per heavy atom. The van der Waals surface area contributed by atoms with Gasteiger partial charge in [-0.3, -0.25) is 0 Å². The highest BCUT2D eigenvalue weighted by Gasteiger charge is 2.17. The first kappa shape index (κ1) is 17.3. The van der Waals surface area contributed by atoms with Crippen LogP contribution in [0.15, 0.2) is 41.3 Å². The molecule has 0 saturated carbocycles. The molecular weight excluding hydrogens is 329 g/mol. The molecule has 1 N–H and O–H groups in total. The van der Waals surface area contributed by atoms with Crippen molar-refractivity contribution < 1.29 is 21.6 Å². The molecule has 124 valence electrons. The highest BCUT2D eigenvalue weighted by Crippen LogP contribution is 2.21. The van der Waals surface area contributed by atoms with Crippen LogP contribution in [0.2, 0.25) is 0 Å². The third-order valence-electron chi connectivity index (χ3n) is 3.20. The summed E-state index contributed by atoms with van der Waals surface area (Å²) >= 11 is 0. The van der Waals surface area contributed by atoms with Gasteiger partial charge in [0.15, 0.2) is 17.5 Å². The van der Waals surface area contributed by atoms with Gasteiger partial charge in [-0.2, -0.15) is 0 Å². The van der Waals surface area contributed by atoms with Crippen LogP contribution in [0.25, 0.3) is 0 Å². The van der Waals surface area contributed by atoms with Crippen molar-refractivity contribution in [3.63, 3.8) is 0 Å². The molecule has 2 aromatic rings. The molecule has 2 rings (SSSR count). The van der Waals surface area contributed by atoms with Gasteiger partial charge in [-0.05, 0) is 29.8 Å². The molecule has 23 heavy (non-hydrogen) atoms. The molecular formula is C15H15F3N2O2S. The fraction of sp³-hybridized carbons (Fsp3) is 0.200. The summed E-state index contributed by atoms with van der Waals surface area (Å²) in [5.74, 6) is -4.15. The van der Waals surface area contributed by atoms with E-state index in [9.17, 15) is 21.6 Å². The zero-order valence-electron chi connectivity index (χ0n) is 12.5. The molecule has 0 saturated heterocycles. The Morgan fingerprint density at radius 3 is 2.39 bits per heavy atom. The van der Waals surface area contributed by atoms with Crippen molar-refractivity contribution in [1.29, 1.82) is 0 Å². The van der Waals surface area contributed by atoms with E-state index in [1.807, 2.05) is 0 Å². The lowest BCUT2D eigenvalue weighted by atomic mass is 10.2. The molecule has 0 fully saturated rings. The summed E-state index contributed by atoms with van der Waals surface area (Å²) in [6, 6.07) is 7.95. The number of benzene rings is 2. The van der Waals surface area contributed by atoms with Crippen molar-refractivity contribution in [2.45, 2.75) is 11.4 Å². The van der Waals surface area contributed by atoms with Crippen molar-refractivity contribution in [3.8, 4) is 0 Å². The third-order valence-corrected chi connectivity index (χ3v) is 5.01. The SMILES string of the molecule is CN(C)S(=O)(=O)c1cccc(CNc2ccc(F)c(F)c2F)c1. The minimum Gasteiger partial charge on any atom is -0.379 e. The smallest absolute Gasteiger partial charge is 0.242 e. The van der Waals surface area contributed by atoms with Crippen LogP contribution in [0.5, 0.6) is 0 Å². The maximum absolute atomic E-state index is 13.6. The Labute approximate surface area is 132 Å². The second-order valence-corrected chi connectivity index (χ2v) is 7.16. The number of sulfonamides is 1. The fourth-order valence-electron chi connectivity index (χ4n) is 1.89. The van der Waals surface area contributed by atoms with Crippen LogP contribution in [0.3, 0.4) is 0 Å². The lowest BCUT2D eigenvalue weighted by Crippen LogP contribution is -2.22. The molecule has 8 heteroatoms. The van der Waals surface area contributed by atoms with Crippen LogP contribution in [0, 0.1) is 17.5 Å². The van der Waals surface area contributed by atoms with Gasteiger partial charge in [-0.1, -0.05) is 12.1 Å². The first-order valence-corrected chi connectivity index (χ1v) is 8.06. The zero-order valence-corrected chi connectivity index (χ0v) is 13.3. The Hall–Kier alpha value is -2.06. The molecule has 0 aliphatic heterocycles. The maximum Gasteiger partial charge on any atom is 0.242 e. The van der Waals surface area contributed by atoms with Crippen LogP contribution < -0.4 is 5.32 Å². The summed E-state index contributed by atoms with van der Waals surface area (Å²) in [5, 5.41) is 2.62. The van der Waals surface area contributed by atoms with Gasteiger partial charge in [0.05, 0.1) is 10.6 Å². The molecule has 0 heterocycles. The molecule has 0 bridgehead atoms. The second kappa shape index (κ2) is 6.59.